The molecule has 1 unspecified atom stereocenters. The molecule has 31 heavy (non-hydrogen) atoms. The first-order valence-electron chi connectivity index (χ1n) is 10.0. The van der Waals surface area contributed by atoms with Crippen LogP contribution >= 0.6 is 22.9 Å². The minimum atomic E-state index is -0.253. The van der Waals surface area contributed by atoms with Crippen molar-refractivity contribution < 1.29 is 4.79 Å². The molecule has 3 N–H and O–H groups in total. The molecular weight excluding hydrogens is 432 g/mol. The van der Waals surface area contributed by atoms with Crippen LogP contribution in [0.15, 0.2) is 60.9 Å². The zero-order chi connectivity index (χ0) is 21.4. The van der Waals surface area contributed by atoms with E-state index in [2.05, 4.69) is 32.4 Å². The van der Waals surface area contributed by atoms with Crippen LogP contribution in [0.25, 0.3) is 16.8 Å². The maximum atomic E-state index is 12.9. The van der Waals surface area contributed by atoms with Crippen LogP contribution < -0.4 is 11.1 Å². The number of rotatable bonds is 5. The number of likely N-dealkylation sites (tertiary alicyclic amines) is 1. The van der Waals surface area contributed by atoms with Gasteiger partial charge in [0.1, 0.15) is 10.0 Å². The average Bonchev–Trinajstić information content (AvgIpc) is 3.46. The summed E-state index contributed by atoms with van der Waals surface area (Å²) < 4.78 is 2.22. The van der Waals surface area contributed by atoms with E-state index in [1.165, 1.54) is 16.9 Å². The molecule has 0 aliphatic carbocycles. The maximum Gasteiger partial charge on any atom is 0.280 e. The summed E-state index contributed by atoms with van der Waals surface area (Å²) in [6, 6.07) is 15.7. The molecule has 7 nitrogen and oxygen atoms in total. The molecule has 4 heterocycles. The van der Waals surface area contributed by atoms with Crippen molar-refractivity contribution in [1.82, 2.24) is 24.8 Å². The van der Waals surface area contributed by atoms with Gasteiger partial charge in [-0.15, -0.1) is 0 Å². The molecule has 1 aliphatic heterocycles. The van der Waals surface area contributed by atoms with Gasteiger partial charge in [0.25, 0.3) is 5.91 Å². The van der Waals surface area contributed by atoms with Crippen molar-refractivity contribution in [1.29, 1.82) is 0 Å². The fourth-order valence-corrected chi connectivity index (χ4v) is 5.02. The molecule has 5 rings (SSSR count). The van der Waals surface area contributed by atoms with E-state index in [1.54, 1.807) is 10.7 Å². The highest BCUT2D eigenvalue weighted by atomic mass is 35.5. The number of carbonyl (C=O) groups is 1. The van der Waals surface area contributed by atoms with Gasteiger partial charge in [0.05, 0.1) is 17.8 Å². The minimum Gasteiger partial charge on any atom is -0.344 e. The summed E-state index contributed by atoms with van der Waals surface area (Å²) in [5.74, 6) is -0.253. The van der Waals surface area contributed by atoms with E-state index >= 15 is 0 Å². The number of benzene rings is 1. The average molecular weight is 453 g/mol. The van der Waals surface area contributed by atoms with Crippen LogP contribution in [0.3, 0.4) is 0 Å². The lowest BCUT2D eigenvalue weighted by Crippen LogP contribution is -2.46. The van der Waals surface area contributed by atoms with Crippen LogP contribution in [-0.2, 0) is 6.54 Å². The third-order valence-electron chi connectivity index (χ3n) is 5.47. The first-order chi connectivity index (χ1) is 15.1. The Kier molecular flexibility index (Phi) is 5.45. The highest BCUT2D eigenvalue weighted by Gasteiger charge is 2.32. The first kappa shape index (κ1) is 20.1. The van der Waals surface area contributed by atoms with E-state index in [4.69, 9.17) is 17.3 Å². The number of aromatic nitrogens is 3. The van der Waals surface area contributed by atoms with Crippen LogP contribution in [0.2, 0.25) is 4.34 Å². The molecule has 9 heteroatoms. The monoisotopic (exact) mass is 452 g/mol. The van der Waals surface area contributed by atoms with E-state index in [0.717, 1.165) is 24.2 Å². The molecule has 4 aromatic rings. The largest absolute Gasteiger partial charge is 0.344 e. The number of nitrogens with zero attached hydrogens (tertiary/aromatic N) is 4. The number of nitrogens with two attached hydrogens (primary N) is 1. The van der Waals surface area contributed by atoms with Crippen molar-refractivity contribution in [3.05, 3.63) is 75.8 Å². The molecule has 1 aromatic carbocycles. The van der Waals surface area contributed by atoms with Gasteiger partial charge in [0, 0.05) is 37.4 Å². The molecule has 0 spiro atoms. The fraction of sp³-hybridized carbons (Fsp3) is 0.227. The second-order valence-electron chi connectivity index (χ2n) is 7.65. The highest BCUT2D eigenvalue weighted by Crippen LogP contribution is 2.34. The predicted octanol–water partition coefficient (Wildman–Crippen LogP) is 3.05. The lowest BCUT2D eigenvalue weighted by molar-refractivity contribution is 0.0935. The fourth-order valence-electron chi connectivity index (χ4n) is 3.95. The van der Waals surface area contributed by atoms with E-state index in [1.807, 2.05) is 42.6 Å². The van der Waals surface area contributed by atoms with Crippen LogP contribution in [0, 0.1) is 0 Å². The van der Waals surface area contributed by atoms with Gasteiger partial charge in [-0.3, -0.25) is 9.69 Å². The Labute approximate surface area is 188 Å². The van der Waals surface area contributed by atoms with Gasteiger partial charge in [0.2, 0.25) is 0 Å². The van der Waals surface area contributed by atoms with Gasteiger partial charge in [-0.05, 0) is 17.7 Å². The lowest BCUT2D eigenvalue weighted by Gasteiger charge is -2.16. The normalized spacial score (nSPS) is 19.2. The molecule has 0 bridgehead atoms. The third-order valence-corrected chi connectivity index (χ3v) is 6.72. The number of carbonyl (C=O) groups excluding carboxylic acids is 1. The summed E-state index contributed by atoms with van der Waals surface area (Å²) in [7, 11) is 0. The number of amides is 1. The quantitative estimate of drug-likeness (QED) is 0.486. The number of fused-ring (bicyclic) bond motifs is 1. The van der Waals surface area contributed by atoms with Gasteiger partial charge < -0.3 is 11.1 Å². The van der Waals surface area contributed by atoms with Gasteiger partial charge >= 0.3 is 0 Å². The second kappa shape index (κ2) is 8.39. The summed E-state index contributed by atoms with van der Waals surface area (Å²) in [5, 5.41) is 7.70. The van der Waals surface area contributed by atoms with E-state index < -0.39 is 0 Å². The van der Waals surface area contributed by atoms with Crippen LogP contribution in [0.1, 0.15) is 15.4 Å². The van der Waals surface area contributed by atoms with Gasteiger partial charge in [-0.2, -0.15) is 5.10 Å². The maximum absolute atomic E-state index is 12.9. The van der Waals surface area contributed by atoms with Crippen molar-refractivity contribution in [2.45, 2.75) is 18.6 Å². The standard InChI is InChI=1S/C22H21ClN6OS/c23-20-19(15-10-25-29-9-5-4-8-18(15)29)27-22(31-20)21(30)26-17-13-28(12-16(17)24)11-14-6-2-1-3-7-14/h1-10,16-17H,11-13,24H2,(H,26,30)/t16-,17?/m1/s1. The van der Waals surface area contributed by atoms with Crippen molar-refractivity contribution in [3.63, 3.8) is 0 Å². The van der Waals surface area contributed by atoms with Crippen LogP contribution in [-0.4, -0.2) is 50.6 Å². The summed E-state index contributed by atoms with van der Waals surface area (Å²) in [4.78, 5) is 19.7. The van der Waals surface area contributed by atoms with Crippen molar-refractivity contribution in [2.75, 3.05) is 13.1 Å². The second-order valence-corrected chi connectivity index (χ2v) is 9.25. The van der Waals surface area contributed by atoms with E-state index in [9.17, 15) is 4.79 Å². The van der Waals surface area contributed by atoms with Crippen molar-refractivity contribution in [3.8, 4) is 11.3 Å². The van der Waals surface area contributed by atoms with Gasteiger partial charge in [-0.25, -0.2) is 9.50 Å². The summed E-state index contributed by atoms with van der Waals surface area (Å²) >= 11 is 7.61. The molecule has 158 valence electrons. The Hall–Kier alpha value is -2.78. The summed E-state index contributed by atoms with van der Waals surface area (Å²) in [6.45, 7) is 2.23. The molecule has 0 radical (unpaired) electrons. The van der Waals surface area contributed by atoms with Crippen molar-refractivity contribution in [2.24, 2.45) is 5.73 Å². The molecule has 1 saturated heterocycles. The van der Waals surface area contributed by atoms with E-state index in [0.29, 0.717) is 21.6 Å². The zero-order valence-corrected chi connectivity index (χ0v) is 18.2. The Morgan fingerprint density at radius 2 is 2.00 bits per heavy atom. The van der Waals surface area contributed by atoms with E-state index in [-0.39, 0.29) is 18.0 Å². The third kappa shape index (κ3) is 4.07. The Balaban J connectivity index is 1.29. The summed E-state index contributed by atoms with van der Waals surface area (Å²) in [6.07, 6.45) is 3.57. The van der Waals surface area contributed by atoms with Crippen LogP contribution in [0.4, 0.5) is 0 Å². The molecule has 1 amide bonds. The Bertz CT molecular complexity index is 1220. The van der Waals surface area contributed by atoms with Crippen molar-refractivity contribution >= 4 is 34.4 Å². The highest BCUT2D eigenvalue weighted by molar-refractivity contribution is 7.18. The lowest BCUT2D eigenvalue weighted by atomic mass is 10.2. The topological polar surface area (TPSA) is 88.5 Å². The molecule has 1 fully saturated rings. The smallest absolute Gasteiger partial charge is 0.280 e. The number of hydrogen-bond donors (Lipinski definition) is 2. The number of halogens is 1. The van der Waals surface area contributed by atoms with Gasteiger partial charge in [0.15, 0.2) is 5.01 Å². The molecule has 0 saturated carbocycles. The Morgan fingerprint density at radius 1 is 1.19 bits per heavy atom. The zero-order valence-electron chi connectivity index (χ0n) is 16.6. The number of thiazole rings is 1. The van der Waals surface area contributed by atoms with Crippen LogP contribution in [0.5, 0.6) is 0 Å². The number of hydrogen-bond acceptors (Lipinski definition) is 6. The first-order valence-corrected chi connectivity index (χ1v) is 11.2. The molecule has 1 aliphatic rings. The SMILES string of the molecule is N[C@@H]1CN(Cc2ccccc2)CC1NC(=O)c1nc(-c2cnn3ccccc23)c(Cl)s1. The Morgan fingerprint density at radius 3 is 2.84 bits per heavy atom. The van der Waals surface area contributed by atoms with Gasteiger partial charge in [-0.1, -0.05) is 59.3 Å². The minimum absolute atomic E-state index is 0.137. The predicted molar refractivity (Wildman–Crippen MR) is 122 cm³/mol. The molecular formula is C22H21ClN6OS. The molecule has 2 atom stereocenters. The molecule has 3 aromatic heterocycles. The number of nitrogens with one attached hydrogen (secondary N) is 1. The summed E-state index contributed by atoms with van der Waals surface area (Å²) in [5.41, 5.74) is 9.79. The number of pyridine rings is 1.